The van der Waals surface area contributed by atoms with Crippen LogP contribution in [0.3, 0.4) is 0 Å². The number of carbonyl (C=O) groups excluding carboxylic acids is 1. The van der Waals surface area contributed by atoms with E-state index in [2.05, 4.69) is 4.98 Å². The van der Waals surface area contributed by atoms with Gasteiger partial charge in [-0.3, -0.25) is 9.78 Å². The fourth-order valence-electron chi connectivity index (χ4n) is 3.11. The maximum atomic E-state index is 14.5. The summed E-state index contributed by atoms with van der Waals surface area (Å²) in [6.07, 6.45) is 0.207. The normalized spacial score (nSPS) is 18.6. The smallest absolute Gasteiger partial charge is 0.266 e. The zero-order chi connectivity index (χ0) is 19.6. The third-order valence-electron chi connectivity index (χ3n) is 4.48. The van der Waals surface area contributed by atoms with Crippen LogP contribution in [-0.4, -0.2) is 41.8 Å². The number of carbonyl (C=O) groups is 1. The molecule has 1 atom stereocenters. The summed E-state index contributed by atoms with van der Waals surface area (Å²) < 4.78 is 64.1. The first kappa shape index (κ1) is 19.3. The van der Waals surface area contributed by atoms with Crippen LogP contribution in [0.1, 0.15) is 34.3 Å². The SMILES string of the molecule is O=C(c1cccc(C(F)F)c1F)N(Cc1cccnc1)C1CCS(=O)(=O)C1. The molecule has 5 nitrogen and oxygen atoms in total. The summed E-state index contributed by atoms with van der Waals surface area (Å²) >= 11 is 0. The van der Waals surface area contributed by atoms with Crippen LogP contribution in [0.15, 0.2) is 42.7 Å². The Bertz CT molecular complexity index is 936. The molecule has 0 saturated carbocycles. The Hall–Kier alpha value is -2.42. The first-order chi connectivity index (χ1) is 12.8. The van der Waals surface area contributed by atoms with Gasteiger partial charge in [0.15, 0.2) is 9.84 Å². The van der Waals surface area contributed by atoms with Crippen LogP contribution in [0, 0.1) is 5.82 Å². The fraction of sp³-hybridized carbons (Fsp3) is 0.333. The van der Waals surface area contributed by atoms with Crippen molar-refractivity contribution in [3.05, 3.63) is 65.2 Å². The molecule has 9 heteroatoms. The van der Waals surface area contributed by atoms with Crippen molar-refractivity contribution in [1.82, 2.24) is 9.88 Å². The van der Waals surface area contributed by atoms with Crippen LogP contribution in [0.25, 0.3) is 0 Å². The van der Waals surface area contributed by atoms with E-state index in [9.17, 15) is 26.4 Å². The number of aromatic nitrogens is 1. The van der Waals surface area contributed by atoms with E-state index >= 15 is 0 Å². The Morgan fingerprint density at radius 1 is 1.26 bits per heavy atom. The number of nitrogens with zero attached hydrogens (tertiary/aromatic N) is 2. The number of hydrogen-bond acceptors (Lipinski definition) is 4. The molecule has 0 spiro atoms. The zero-order valence-corrected chi connectivity index (χ0v) is 15.0. The van der Waals surface area contributed by atoms with Gasteiger partial charge in [0.25, 0.3) is 12.3 Å². The molecule has 1 saturated heterocycles. The van der Waals surface area contributed by atoms with E-state index in [1.54, 1.807) is 18.3 Å². The van der Waals surface area contributed by atoms with Gasteiger partial charge in [-0.25, -0.2) is 21.6 Å². The van der Waals surface area contributed by atoms with Crippen molar-refractivity contribution in [2.24, 2.45) is 0 Å². The zero-order valence-electron chi connectivity index (χ0n) is 14.2. The molecule has 1 unspecified atom stereocenters. The number of sulfone groups is 1. The summed E-state index contributed by atoms with van der Waals surface area (Å²) in [5, 5.41) is 0. The summed E-state index contributed by atoms with van der Waals surface area (Å²) in [7, 11) is -3.30. The van der Waals surface area contributed by atoms with E-state index < -0.39 is 45.2 Å². The van der Waals surface area contributed by atoms with Crippen LogP contribution in [0.5, 0.6) is 0 Å². The highest BCUT2D eigenvalue weighted by molar-refractivity contribution is 7.91. The Balaban J connectivity index is 1.97. The van der Waals surface area contributed by atoms with Gasteiger partial charge in [0.05, 0.1) is 22.6 Å². The lowest BCUT2D eigenvalue weighted by molar-refractivity contribution is 0.0674. The van der Waals surface area contributed by atoms with Crippen LogP contribution in [0.4, 0.5) is 13.2 Å². The number of alkyl halides is 2. The number of halogens is 3. The average molecular weight is 398 g/mol. The van der Waals surface area contributed by atoms with Crippen molar-refractivity contribution >= 4 is 15.7 Å². The lowest BCUT2D eigenvalue weighted by Gasteiger charge is -2.28. The van der Waals surface area contributed by atoms with Crippen molar-refractivity contribution in [1.29, 1.82) is 0 Å². The predicted octanol–water partition coefficient (Wildman–Crippen LogP) is 2.99. The van der Waals surface area contributed by atoms with E-state index in [0.717, 1.165) is 12.1 Å². The molecular weight excluding hydrogens is 381 g/mol. The molecule has 1 aliphatic heterocycles. The molecule has 0 radical (unpaired) electrons. The molecule has 0 N–H and O–H groups in total. The van der Waals surface area contributed by atoms with Crippen molar-refractivity contribution in [3.8, 4) is 0 Å². The standard InChI is InChI=1S/C18H17F3N2O3S/c19-16-14(17(20)21)4-1-5-15(16)18(24)23(10-12-3-2-7-22-9-12)13-6-8-27(25,26)11-13/h1-5,7,9,13,17H,6,8,10-11H2. The van der Waals surface area contributed by atoms with Gasteiger partial charge in [0.1, 0.15) is 5.82 Å². The summed E-state index contributed by atoms with van der Waals surface area (Å²) in [6, 6.07) is 5.93. The van der Waals surface area contributed by atoms with Gasteiger partial charge < -0.3 is 4.90 Å². The Kier molecular flexibility index (Phi) is 5.50. The predicted molar refractivity (Wildman–Crippen MR) is 92.5 cm³/mol. The van der Waals surface area contributed by atoms with Crippen LogP contribution in [-0.2, 0) is 16.4 Å². The minimum absolute atomic E-state index is 0.00516. The highest BCUT2D eigenvalue weighted by Gasteiger charge is 2.36. The van der Waals surface area contributed by atoms with Gasteiger partial charge in [-0.1, -0.05) is 18.2 Å². The lowest BCUT2D eigenvalue weighted by Crippen LogP contribution is -2.41. The number of rotatable bonds is 5. The molecular formula is C18H17F3N2O3S. The molecule has 1 amide bonds. The van der Waals surface area contributed by atoms with Crippen molar-refractivity contribution in [2.75, 3.05) is 11.5 Å². The first-order valence-corrected chi connectivity index (χ1v) is 10.1. The summed E-state index contributed by atoms with van der Waals surface area (Å²) in [5.41, 5.74) is -0.734. The Morgan fingerprint density at radius 3 is 2.63 bits per heavy atom. The average Bonchev–Trinajstić information content (AvgIpc) is 2.99. The van der Waals surface area contributed by atoms with Gasteiger partial charge >= 0.3 is 0 Å². The minimum Gasteiger partial charge on any atom is -0.330 e. The summed E-state index contributed by atoms with van der Waals surface area (Å²) in [6.45, 7) is 0.00516. The Labute approximate surface area is 154 Å². The summed E-state index contributed by atoms with van der Waals surface area (Å²) in [4.78, 5) is 18.2. The molecule has 3 rings (SSSR count). The van der Waals surface area contributed by atoms with E-state index in [1.807, 2.05) is 0 Å². The second-order valence-electron chi connectivity index (χ2n) is 6.36. The van der Waals surface area contributed by atoms with Gasteiger partial charge in [-0.05, 0) is 24.1 Å². The molecule has 1 fully saturated rings. The van der Waals surface area contributed by atoms with Crippen LogP contribution < -0.4 is 0 Å². The van der Waals surface area contributed by atoms with Crippen molar-refractivity contribution in [3.63, 3.8) is 0 Å². The molecule has 1 aliphatic rings. The fourth-order valence-corrected chi connectivity index (χ4v) is 4.85. The second kappa shape index (κ2) is 7.67. The Morgan fingerprint density at radius 2 is 2.04 bits per heavy atom. The molecule has 27 heavy (non-hydrogen) atoms. The summed E-state index contributed by atoms with van der Waals surface area (Å²) in [5.74, 6) is -2.42. The third-order valence-corrected chi connectivity index (χ3v) is 6.23. The monoisotopic (exact) mass is 398 g/mol. The number of benzene rings is 1. The van der Waals surface area contributed by atoms with Crippen LogP contribution >= 0.6 is 0 Å². The van der Waals surface area contributed by atoms with Gasteiger partial charge in [0, 0.05) is 25.0 Å². The molecule has 144 valence electrons. The minimum atomic E-state index is -3.30. The maximum absolute atomic E-state index is 14.5. The van der Waals surface area contributed by atoms with Crippen molar-refractivity contribution < 1.29 is 26.4 Å². The topological polar surface area (TPSA) is 67.3 Å². The van der Waals surface area contributed by atoms with E-state index in [1.165, 1.54) is 17.2 Å². The van der Waals surface area contributed by atoms with Crippen molar-refractivity contribution in [2.45, 2.75) is 25.4 Å². The molecule has 0 bridgehead atoms. The van der Waals surface area contributed by atoms with Crippen LogP contribution in [0.2, 0.25) is 0 Å². The lowest BCUT2D eigenvalue weighted by atomic mass is 10.1. The highest BCUT2D eigenvalue weighted by Crippen LogP contribution is 2.27. The maximum Gasteiger partial charge on any atom is 0.266 e. The van der Waals surface area contributed by atoms with E-state index in [-0.39, 0.29) is 24.5 Å². The van der Waals surface area contributed by atoms with E-state index in [0.29, 0.717) is 5.56 Å². The molecule has 2 aromatic rings. The molecule has 1 aromatic heterocycles. The highest BCUT2D eigenvalue weighted by atomic mass is 32.2. The molecule has 1 aromatic carbocycles. The first-order valence-electron chi connectivity index (χ1n) is 8.25. The molecule has 2 heterocycles. The second-order valence-corrected chi connectivity index (χ2v) is 8.59. The number of amides is 1. The quantitative estimate of drug-likeness (QED) is 0.777. The number of pyridine rings is 1. The van der Waals surface area contributed by atoms with Gasteiger partial charge in [0.2, 0.25) is 0 Å². The largest absolute Gasteiger partial charge is 0.330 e. The van der Waals surface area contributed by atoms with Gasteiger partial charge in [-0.15, -0.1) is 0 Å². The third kappa shape index (κ3) is 4.29. The number of hydrogen-bond donors (Lipinski definition) is 0. The van der Waals surface area contributed by atoms with E-state index in [4.69, 9.17) is 0 Å². The van der Waals surface area contributed by atoms with Gasteiger partial charge in [-0.2, -0.15) is 0 Å². The molecule has 0 aliphatic carbocycles.